The number of amides is 1. The number of rotatable bonds is 3. The third-order valence-corrected chi connectivity index (χ3v) is 5.03. The van der Waals surface area contributed by atoms with Crippen molar-refractivity contribution in [3.05, 3.63) is 11.8 Å². The van der Waals surface area contributed by atoms with Gasteiger partial charge in [0.1, 0.15) is 5.82 Å². The molecule has 1 aromatic heterocycles. The van der Waals surface area contributed by atoms with Crippen molar-refractivity contribution in [3.8, 4) is 0 Å². The van der Waals surface area contributed by atoms with E-state index in [0.717, 1.165) is 11.5 Å². The fraction of sp³-hybridized carbons (Fsp3) is 0.750. The number of hydrogen-bond acceptors (Lipinski definition) is 3. The van der Waals surface area contributed by atoms with Crippen LogP contribution in [0.1, 0.15) is 37.8 Å². The maximum absolute atomic E-state index is 12.9. The standard InChI is InChI=1S/C16H23F3N4O/c1-10-8-14(22(2)21-10)23-7-6-13(15(23)24)20-12-5-3-4-11(9-12)16(17,18)19/h8,11-13,20H,3-7,9H2,1-2H3/t11-,12+,13+/m1/s1. The van der Waals surface area contributed by atoms with E-state index in [1.165, 1.54) is 0 Å². The average molecular weight is 344 g/mol. The number of anilines is 1. The second kappa shape index (κ2) is 6.38. The third-order valence-electron chi connectivity index (χ3n) is 5.03. The number of alkyl halides is 3. The Balaban J connectivity index is 1.63. The number of carbonyl (C=O) groups excluding carboxylic acids is 1. The van der Waals surface area contributed by atoms with Crippen molar-refractivity contribution >= 4 is 11.7 Å². The van der Waals surface area contributed by atoms with E-state index >= 15 is 0 Å². The Hall–Kier alpha value is -1.57. The van der Waals surface area contributed by atoms with Gasteiger partial charge in [-0.25, -0.2) is 0 Å². The monoisotopic (exact) mass is 344 g/mol. The third kappa shape index (κ3) is 3.43. The molecule has 0 aromatic carbocycles. The second-order valence-corrected chi connectivity index (χ2v) is 6.87. The van der Waals surface area contributed by atoms with Gasteiger partial charge in [0.2, 0.25) is 5.91 Å². The van der Waals surface area contributed by atoms with E-state index in [1.807, 2.05) is 13.0 Å². The lowest BCUT2D eigenvalue weighted by Gasteiger charge is -2.32. The van der Waals surface area contributed by atoms with Gasteiger partial charge in [-0.2, -0.15) is 18.3 Å². The molecule has 1 aliphatic heterocycles. The van der Waals surface area contributed by atoms with Crippen LogP contribution in [0.5, 0.6) is 0 Å². The fourth-order valence-corrected chi connectivity index (χ4v) is 3.83. The average Bonchev–Trinajstić information content (AvgIpc) is 3.01. The second-order valence-electron chi connectivity index (χ2n) is 6.87. The summed E-state index contributed by atoms with van der Waals surface area (Å²) in [7, 11) is 1.78. The first-order valence-corrected chi connectivity index (χ1v) is 8.40. The normalized spacial score (nSPS) is 28.6. The van der Waals surface area contributed by atoms with Gasteiger partial charge in [0.25, 0.3) is 0 Å². The maximum atomic E-state index is 12.9. The summed E-state index contributed by atoms with van der Waals surface area (Å²) in [5.74, 6) is -0.596. The van der Waals surface area contributed by atoms with E-state index in [0.29, 0.717) is 25.8 Å². The highest BCUT2D eigenvalue weighted by molar-refractivity contribution is 5.98. The predicted molar refractivity (Wildman–Crippen MR) is 83.6 cm³/mol. The Morgan fingerprint density at radius 3 is 2.67 bits per heavy atom. The number of aryl methyl sites for hydroxylation is 2. The van der Waals surface area contributed by atoms with Crippen molar-refractivity contribution in [1.82, 2.24) is 15.1 Å². The Morgan fingerprint density at radius 1 is 1.29 bits per heavy atom. The summed E-state index contributed by atoms with van der Waals surface area (Å²) in [4.78, 5) is 14.3. The molecule has 3 atom stereocenters. The minimum atomic E-state index is -4.14. The van der Waals surface area contributed by atoms with Crippen LogP contribution < -0.4 is 10.2 Å². The first-order chi connectivity index (χ1) is 11.3. The largest absolute Gasteiger partial charge is 0.391 e. The summed E-state index contributed by atoms with van der Waals surface area (Å²) in [6, 6.07) is 1.20. The van der Waals surface area contributed by atoms with Crippen LogP contribution in [0.25, 0.3) is 0 Å². The molecule has 0 bridgehead atoms. The van der Waals surface area contributed by atoms with Gasteiger partial charge in [-0.3, -0.25) is 14.4 Å². The van der Waals surface area contributed by atoms with Crippen molar-refractivity contribution in [2.45, 2.75) is 57.3 Å². The minimum absolute atomic E-state index is 0.0676. The molecule has 0 radical (unpaired) electrons. The zero-order valence-electron chi connectivity index (χ0n) is 13.9. The lowest BCUT2D eigenvalue weighted by molar-refractivity contribution is -0.183. The Labute approximate surface area is 139 Å². The number of carbonyl (C=O) groups is 1. The number of halogens is 3. The zero-order chi connectivity index (χ0) is 17.5. The van der Waals surface area contributed by atoms with E-state index in [4.69, 9.17) is 0 Å². The lowest BCUT2D eigenvalue weighted by Crippen LogP contribution is -2.47. The van der Waals surface area contributed by atoms with Crippen molar-refractivity contribution in [3.63, 3.8) is 0 Å². The molecule has 24 heavy (non-hydrogen) atoms. The molecule has 1 saturated carbocycles. The van der Waals surface area contributed by atoms with Crippen LogP contribution in [0.15, 0.2) is 6.07 Å². The van der Waals surface area contributed by atoms with E-state index < -0.39 is 18.1 Å². The van der Waals surface area contributed by atoms with Crippen molar-refractivity contribution in [2.75, 3.05) is 11.4 Å². The Bertz CT molecular complexity index is 613. The van der Waals surface area contributed by atoms with E-state index in [2.05, 4.69) is 10.4 Å². The summed E-state index contributed by atoms with van der Waals surface area (Å²) in [6.45, 7) is 2.42. The Kier molecular flexibility index (Phi) is 4.59. The summed E-state index contributed by atoms with van der Waals surface area (Å²) in [6.07, 6.45) is -2.03. The zero-order valence-corrected chi connectivity index (χ0v) is 13.9. The summed E-state index contributed by atoms with van der Waals surface area (Å²) >= 11 is 0. The van der Waals surface area contributed by atoms with Gasteiger partial charge in [-0.15, -0.1) is 0 Å². The highest BCUT2D eigenvalue weighted by Gasteiger charge is 2.43. The molecule has 8 heteroatoms. The van der Waals surface area contributed by atoms with E-state index in [1.54, 1.807) is 16.6 Å². The SMILES string of the molecule is Cc1cc(N2CC[C@H](N[C@H]3CCC[C@@H](C(F)(F)F)C3)C2=O)n(C)n1. The minimum Gasteiger partial charge on any atom is -0.303 e. The fourth-order valence-electron chi connectivity index (χ4n) is 3.83. The van der Waals surface area contributed by atoms with Crippen molar-refractivity contribution in [2.24, 2.45) is 13.0 Å². The van der Waals surface area contributed by atoms with Crippen molar-refractivity contribution in [1.29, 1.82) is 0 Å². The van der Waals surface area contributed by atoms with Crippen LogP contribution in [0.4, 0.5) is 19.0 Å². The van der Waals surface area contributed by atoms with Gasteiger partial charge in [0.15, 0.2) is 0 Å². The van der Waals surface area contributed by atoms with Gasteiger partial charge in [0.05, 0.1) is 17.7 Å². The molecular formula is C16H23F3N4O. The first-order valence-electron chi connectivity index (χ1n) is 8.40. The van der Waals surface area contributed by atoms with Crippen LogP contribution in [0.2, 0.25) is 0 Å². The number of aromatic nitrogens is 2. The molecule has 134 valence electrons. The maximum Gasteiger partial charge on any atom is 0.391 e. The van der Waals surface area contributed by atoms with Crippen LogP contribution in [-0.2, 0) is 11.8 Å². The first kappa shape index (κ1) is 17.3. The molecule has 5 nitrogen and oxygen atoms in total. The van der Waals surface area contributed by atoms with Crippen LogP contribution in [-0.4, -0.2) is 40.5 Å². The van der Waals surface area contributed by atoms with E-state index in [-0.39, 0.29) is 24.8 Å². The Morgan fingerprint density at radius 2 is 2.04 bits per heavy atom. The molecule has 1 saturated heterocycles. The quantitative estimate of drug-likeness (QED) is 0.917. The molecule has 1 aromatic rings. The molecular weight excluding hydrogens is 321 g/mol. The number of hydrogen-bond donors (Lipinski definition) is 1. The molecule has 1 N–H and O–H groups in total. The topological polar surface area (TPSA) is 50.2 Å². The summed E-state index contributed by atoms with van der Waals surface area (Å²) < 4.78 is 40.4. The summed E-state index contributed by atoms with van der Waals surface area (Å²) in [5, 5.41) is 7.42. The van der Waals surface area contributed by atoms with Gasteiger partial charge < -0.3 is 5.32 Å². The molecule has 1 aliphatic carbocycles. The summed E-state index contributed by atoms with van der Waals surface area (Å²) in [5.41, 5.74) is 0.831. The molecule has 3 rings (SSSR count). The molecule has 0 spiro atoms. The van der Waals surface area contributed by atoms with Gasteiger partial charge >= 0.3 is 6.18 Å². The highest BCUT2D eigenvalue weighted by Crippen LogP contribution is 2.38. The van der Waals surface area contributed by atoms with Crippen LogP contribution in [0.3, 0.4) is 0 Å². The smallest absolute Gasteiger partial charge is 0.303 e. The molecule has 2 fully saturated rings. The number of nitrogens with one attached hydrogen (secondary N) is 1. The lowest BCUT2D eigenvalue weighted by atomic mass is 9.85. The van der Waals surface area contributed by atoms with E-state index in [9.17, 15) is 18.0 Å². The number of nitrogens with zero attached hydrogens (tertiary/aromatic N) is 3. The predicted octanol–water partition coefficient (Wildman–Crippen LogP) is 2.54. The molecule has 2 heterocycles. The molecule has 2 aliphatic rings. The molecule has 1 amide bonds. The highest BCUT2D eigenvalue weighted by atomic mass is 19.4. The van der Waals surface area contributed by atoms with Crippen LogP contribution >= 0.6 is 0 Å². The van der Waals surface area contributed by atoms with Gasteiger partial charge in [-0.05, 0) is 32.6 Å². The van der Waals surface area contributed by atoms with Crippen molar-refractivity contribution < 1.29 is 18.0 Å². The van der Waals surface area contributed by atoms with Gasteiger partial charge in [0, 0.05) is 25.7 Å². The van der Waals surface area contributed by atoms with Gasteiger partial charge in [-0.1, -0.05) is 6.42 Å². The molecule has 0 unspecified atom stereocenters. The van der Waals surface area contributed by atoms with Crippen LogP contribution in [0, 0.1) is 12.8 Å².